The molecular formula is C17H16FN5O2. The van der Waals surface area contributed by atoms with E-state index in [4.69, 9.17) is 4.52 Å². The number of amides is 1. The summed E-state index contributed by atoms with van der Waals surface area (Å²) in [7, 11) is 0. The van der Waals surface area contributed by atoms with E-state index in [0.717, 1.165) is 0 Å². The number of nitrogens with one attached hydrogen (secondary N) is 2. The zero-order valence-corrected chi connectivity index (χ0v) is 13.5. The summed E-state index contributed by atoms with van der Waals surface area (Å²) in [5.74, 6) is 0.722. The van der Waals surface area contributed by atoms with E-state index >= 15 is 0 Å². The van der Waals surface area contributed by atoms with Crippen molar-refractivity contribution in [1.29, 1.82) is 0 Å². The van der Waals surface area contributed by atoms with Crippen molar-refractivity contribution >= 4 is 17.5 Å². The number of carbonyl (C=O) groups is 1. The van der Waals surface area contributed by atoms with Crippen LogP contribution in [-0.4, -0.2) is 27.6 Å². The number of nitrogens with zero attached hydrogens (tertiary/aromatic N) is 3. The number of aryl methyl sites for hydroxylation is 1. The van der Waals surface area contributed by atoms with Crippen LogP contribution in [0.15, 0.2) is 47.2 Å². The molecule has 2 N–H and O–H groups in total. The van der Waals surface area contributed by atoms with Gasteiger partial charge in [-0.2, -0.15) is 0 Å². The van der Waals surface area contributed by atoms with Crippen molar-refractivity contribution in [2.24, 2.45) is 0 Å². The third-order valence-electron chi connectivity index (χ3n) is 3.43. The minimum atomic E-state index is -0.423. The molecule has 128 valence electrons. The smallest absolute Gasteiger partial charge is 0.275 e. The first kappa shape index (κ1) is 16.6. The summed E-state index contributed by atoms with van der Waals surface area (Å²) >= 11 is 0. The van der Waals surface area contributed by atoms with E-state index in [9.17, 15) is 9.18 Å². The summed E-state index contributed by atoms with van der Waals surface area (Å²) in [5.41, 5.74) is 0.799. The van der Waals surface area contributed by atoms with Crippen molar-refractivity contribution < 1.29 is 13.7 Å². The molecule has 3 aromatic rings. The Kier molecular flexibility index (Phi) is 4.98. The first-order valence-electron chi connectivity index (χ1n) is 7.66. The molecule has 0 aliphatic carbocycles. The number of hydrogen-bond donors (Lipinski definition) is 2. The summed E-state index contributed by atoms with van der Waals surface area (Å²) in [6.07, 6.45) is 1.78. The van der Waals surface area contributed by atoms with Gasteiger partial charge in [0.05, 0.1) is 0 Å². The van der Waals surface area contributed by atoms with Gasteiger partial charge in [-0.05, 0) is 25.0 Å². The normalized spacial score (nSPS) is 10.5. The molecule has 2 heterocycles. The zero-order valence-electron chi connectivity index (χ0n) is 13.5. The Hall–Kier alpha value is -3.29. The van der Waals surface area contributed by atoms with Gasteiger partial charge < -0.3 is 15.2 Å². The molecule has 7 nitrogen and oxygen atoms in total. The van der Waals surface area contributed by atoms with Gasteiger partial charge in [-0.1, -0.05) is 23.4 Å². The molecule has 0 unspecified atom stereocenters. The molecule has 8 heteroatoms. The van der Waals surface area contributed by atoms with Crippen molar-refractivity contribution in [2.75, 3.05) is 17.2 Å². The van der Waals surface area contributed by atoms with Gasteiger partial charge in [0.2, 0.25) is 0 Å². The van der Waals surface area contributed by atoms with E-state index in [0.29, 0.717) is 35.9 Å². The predicted octanol–water partition coefficient (Wildman–Crippen LogP) is 2.82. The van der Waals surface area contributed by atoms with Crippen LogP contribution >= 0.6 is 0 Å². The monoisotopic (exact) mass is 341 g/mol. The molecule has 0 bridgehead atoms. The number of halogens is 1. The minimum absolute atomic E-state index is 0.184. The summed E-state index contributed by atoms with van der Waals surface area (Å²) < 4.78 is 18.5. The number of hydrogen-bond acceptors (Lipinski definition) is 6. The molecule has 3 rings (SSSR count). The highest BCUT2D eigenvalue weighted by atomic mass is 19.1. The minimum Gasteiger partial charge on any atom is -0.370 e. The van der Waals surface area contributed by atoms with Crippen molar-refractivity contribution in [1.82, 2.24) is 15.1 Å². The highest BCUT2D eigenvalue weighted by molar-refractivity contribution is 6.02. The standard InChI is InChI=1S/C17H16FN5O2/c1-11-8-16(23-25-11)22-17(24)14-9-15(21-10-20-14)19-7-6-12-4-2-3-5-13(12)18/h2-5,8-10H,6-7H2,1H3,(H,19,20,21)(H,22,23,24). The van der Waals surface area contributed by atoms with E-state index < -0.39 is 5.91 Å². The summed E-state index contributed by atoms with van der Waals surface area (Å²) in [5, 5.41) is 9.33. The second-order valence-electron chi connectivity index (χ2n) is 5.33. The fraction of sp³-hybridized carbons (Fsp3) is 0.176. The maximum atomic E-state index is 13.6. The molecule has 0 atom stereocenters. The van der Waals surface area contributed by atoms with Crippen LogP contribution in [0, 0.1) is 12.7 Å². The van der Waals surface area contributed by atoms with Gasteiger partial charge in [-0.3, -0.25) is 4.79 Å². The average Bonchev–Trinajstić information content (AvgIpc) is 3.02. The van der Waals surface area contributed by atoms with Crippen LogP contribution in [0.2, 0.25) is 0 Å². The lowest BCUT2D eigenvalue weighted by Crippen LogP contribution is -2.15. The molecule has 0 aliphatic heterocycles. The Morgan fingerprint density at radius 3 is 2.80 bits per heavy atom. The lowest BCUT2D eigenvalue weighted by Gasteiger charge is -2.07. The Balaban J connectivity index is 1.59. The largest absolute Gasteiger partial charge is 0.370 e. The molecule has 1 amide bonds. The average molecular weight is 341 g/mol. The quantitative estimate of drug-likeness (QED) is 0.716. The van der Waals surface area contributed by atoms with Gasteiger partial charge in [-0.25, -0.2) is 14.4 Å². The van der Waals surface area contributed by atoms with Crippen LogP contribution in [0.4, 0.5) is 16.0 Å². The van der Waals surface area contributed by atoms with Crippen molar-refractivity contribution in [3.8, 4) is 0 Å². The Morgan fingerprint density at radius 1 is 1.20 bits per heavy atom. The van der Waals surface area contributed by atoms with Gasteiger partial charge in [0.1, 0.15) is 29.4 Å². The lowest BCUT2D eigenvalue weighted by molar-refractivity contribution is 0.102. The molecule has 0 saturated carbocycles. The first-order valence-corrected chi connectivity index (χ1v) is 7.66. The Bertz CT molecular complexity index is 881. The van der Waals surface area contributed by atoms with Crippen LogP contribution in [0.25, 0.3) is 0 Å². The topological polar surface area (TPSA) is 92.9 Å². The van der Waals surface area contributed by atoms with E-state index in [2.05, 4.69) is 25.8 Å². The molecule has 2 aromatic heterocycles. The molecule has 0 aliphatic rings. The van der Waals surface area contributed by atoms with Gasteiger partial charge >= 0.3 is 0 Å². The van der Waals surface area contributed by atoms with Crippen molar-refractivity contribution in [3.05, 3.63) is 65.6 Å². The highest BCUT2D eigenvalue weighted by Crippen LogP contribution is 2.11. The van der Waals surface area contributed by atoms with Crippen LogP contribution < -0.4 is 10.6 Å². The number of carbonyl (C=O) groups excluding carboxylic acids is 1. The molecule has 25 heavy (non-hydrogen) atoms. The number of anilines is 2. The fourth-order valence-electron chi connectivity index (χ4n) is 2.21. The second-order valence-corrected chi connectivity index (χ2v) is 5.33. The molecular weight excluding hydrogens is 325 g/mol. The number of benzene rings is 1. The highest BCUT2D eigenvalue weighted by Gasteiger charge is 2.11. The van der Waals surface area contributed by atoms with Crippen molar-refractivity contribution in [2.45, 2.75) is 13.3 Å². The number of aromatic nitrogens is 3. The third kappa shape index (κ3) is 4.37. The van der Waals surface area contributed by atoms with Crippen molar-refractivity contribution in [3.63, 3.8) is 0 Å². The molecule has 0 spiro atoms. The summed E-state index contributed by atoms with van der Waals surface area (Å²) in [6.45, 7) is 2.20. The van der Waals surface area contributed by atoms with Gasteiger partial charge in [0.15, 0.2) is 5.82 Å². The van der Waals surface area contributed by atoms with Gasteiger partial charge in [0.25, 0.3) is 5.91 Å². The van der Waals surface area contributed by atoms with Crippen LogP contribution in [0.3, 0.4) is 0 Å². The fourth-order valence-corrected chi connectivity index (χ4v) is 2.21. The molecule has 0 radical (unpaired) electrons. The number of rotatable bonds is 6. The first-order chi connectivity index (χ1) is 12.1. The maximum absolute atomic E-state index is 13.6. The van der Waals surface area contributed by atoms with E-state index in [1.807, 2.05) is 0 Å². The van der Waals surface area contributed by atoms with E-state index in [-0.39, 0.29) is 11.5 Å². The Morgan fingerprint density at radius 2 is 2.04 bits per heavy atom. The SMILES string of the molecule is Cc1cc(NC(=O)c2cc(NCCc3ccccc3F)ncn2)no1. The molecule has 0 saturated heterocycles. The maximum Gasteiger partial charge on any atom is 0.275 e. The second kappa shape index (κ2) is 7.52. The van der Waals surface area contributed by atoms with Gasteiger partial charge in [0, 0.05) is 18.7 Å². The van der Waals surface area contributed by atoms with E-state index in [1.54, 1.807) is 31.2 Å². The third-order valence-corrected chi connectivity index (χ3v) is 3.43. The van der Waals surface area contributed by atoms with Crippen LogP contribution in [0.1, 0.15) is 21.8 Å². The van der Waals surface area contributed by atoms with E-state index in [1.165, 1.54) is 18.5 Å². The summed E-state index contributed by atoms with van der Waals surface area (Å²) in [6, 6.07) is 9.72. The lowest BCUT2D eigenvalue weighted by atomic mass is 10.1. The molecule has 0 fully saturated rings. The van der Waals surface area contributed by atoms with Gasteiger partial charge in [-0.15, -0.1) is 0 Å². The predicted molar refractivity (Wildman–Crippen MR) is 89.8 cm³/mol. The van der Waals surface area contributed by atoms with Crippen LogP contribution in [-0.2, 0) is 6.42 Å². The van der Waals surface area contributed by atoms with Crippen LogP contribution in [0.5, 0.6) is 0 Å². The molecule has 1 aromatic carbocycles. The Labute approximate surface area is 143 Å². The summed E-state index contributed by atoms with van der Waals surface area (Å²) in [4.78, 5) is 20.2. The zero-order chi connectivity index (χ0) is 17.6.